The van der Waals surface area contributed by atoms with Crippen molar-refractivity contribution in [3.63, 3.8) is 0 Å². The summed E-state index contributed by atoms with van der Waals surface area (Å²) < 4.78 is 0. The summed E-state index contributed by atoms with van der Waals surface area (Å²) in [6, 6.07) is -5.21. The van der Waals surface area contributed by atoms with E-state index < -0.39 is 59.9 Å². The Morgan fingerprint density at radius 2 is 1.50 bits per heavy atom. The highest BCUT2D eigenvalue weighted by Gasteiger charge is 2.31. The van der Waals surface area contributed by atoms with E-state index in [4.69, 9.17) is 28.0 Å². The molecule has 5 unspecified atom stereocenters. The van der Waals surface area contributed by atoms with Crippen LogP contribution in [0.1, 0.15) is 32.6 Å². The summed E-state index contributed by atoms with van der Waals surface area (Å²) in [4.78, 5) is 63.6. The molecule has 0 aliphatic rings. The Hall–Kier alpha value is -3.11. The Bertz CT molecular complexity index is 761. The Morgan fingerprint density at radius 3 is 1.97 bits per heavy atom. The number of amides is 4. The standard InChI is InChI=1S/C18H34N8O7S/c1-8(27)13(17(32)33)26-15(30)10(4-5-12(20)28)24-16(31)11(7-34)25-14(29)9(19)3-2-6-23-18(21)22/h8-11,13,27,34H,2-7,19H2,1H3,(H2,20,28)(H,24,31)(H,25,29)(H,26,30)(H,32,33)(H4,21,22,23). The van der Waals surface area contributed by atoms with Crippen LogP contribution in [0.2, 0.25) is 0 Å². The number of carboxylic acids is 1. The fraction of sp³-hybridized carbons (Fsp3) is 0.667. The highest BCUT2D eigenvalue weighted by molar-refractivity contribution is 7.80. The number of hydrogen-bond acceptors (Lipinski definition) is 9. The maximum Gasteiger partial charge on any atom is 0.328 e. The van der Waals surface area contributed by atoms with Crippen molar-refractivity contribution >= 4 is 48.2 Å². The van der Waals surface area contributed by atoms with Crippen LogP contribution in [0, 0.1) is 0 Å². The largest absolute Gasteiger partial charge is 0.480 e. The number of rotatable bonds is 16. The molecule has 0 heterocycles. The molecule has 0 aliphatic heterocycles. The van der Waals surface area contributed by atoms with Crippen LogP contribution in [0.4, 0.5) is 0 Å². The molecular weight excluding hydrogens is 472 g/mol. The fourth-order valence-corrected chi connectivity index (χ4v) is 2.85. The average molecular weight is 507 g/mol. The van der Waals surface area contributed by atoms with E-state index in [2.05, 4.69) is 33.6 Å². The number of nitrogens with zero attached hydrogens (tertiary/aromatic N) is 1. The summed E-state index contributed by atoms with van der Waals surface area (Å²) in [5.74, 6) is -4.97. The van der Waals surface area contributed by atoms with Gasteiger partial charge in [-0.05, 0) is 26.2 Å². The Morgan fingerprint density at radius 1 is 0.941 bits per heavy atom. The van der Waals surface area contributed by atoms with Crippen LogP contribution in [0.3, 0.4) is 0 Å². The van der Waals surface area contributed by atoms with Crippen LogP contribution < -0.4 is 38.9 Å². The second-order valence-corrected chi connectivity index (χ2v) is 7.80. The van der Waals surface area contributed by atoms with Crippen molar-refractivity contribution in [3.8, 4) is 0 Å². The third kappa shape index (κ3) is 12.2. The van der Waals surface area contributed by atoms with Gasteiger partial charge in [-0.2, -0.15) is 12.6 Å². The molecule has 0 fully saturated rings. The van der Waals surface area contributed by atoms with Crippen molar-refractivity contribution < 1.29 is 34.2 Å². The molecule has 0 spiro atoms. The third-order valence-electron chi connectivity index (χ3n) is 4.48. The molecule has 5 atom stereocenters. The highest BCUT2D eigenvalue weighted by atomic mass is 32.1. The Balaban J connectivity index is 5.20. The molecule has 16 heteroatoms. The van der Waals surface area contributed by atoms with Gasteiger partial charge in [0.05, 0.1) is 12.1 Å². The van der Waals surface area contributed by atoms with Crippen molar-refractivity contribution in [1.29, 1.82) is 0 Å². The predicted octanol–water partition coefficient (Wildman–Crippen LogP) is -4.52. The smallest absolute Gasteiger partial charge is 0.328 e. The van der Waals surface area contributed by atoms with Crippen LogP contribution in [0.5, 0.6) is 0 Å². The minimum atomic E-state index is -1.65. The van der Waals surface area contributed by atoms with Gasteiger partial charge in [0.1, 0.15) is 12.1 Å². The molecule has 0 saturated carbocycles. The number of carbonyl (C=O) groups excluding carboxylic acids is 4. The lowest BCUT2D eigenvalue weighted by Gasteiger charge is -2.25. The molecule has 0 aromatic heterocycles. The lowest BCUT2D eigenvalue weighted by molar-refractivity contribution is -0.145. The van der Waals surface area contributed by atoms with Crippen LogP contribution in [-0.4, -0.2) is 88.3 Å². The van der Waals surface area contributed by atoms with Crippen LogP contribution >= 0.6 is 12.6 Å². The van der Waals surface area contributed by atoms with Gasteiger partial charge >= 0.3 is 5.97 Å². The molecular formula is C18H34N8O7S. The molecule has 4 amide bonds. The number of aliphatic carboxylic acids is 1. The SMILES string of the molecule is CC(O)C(NC(=O)C(CCC(N)=O)NC(=O)C(CS)NC(=O)C(N)CCCN=C(N)N)C(=O)O. The lowest BCUT2D eigenvalue weighted by atomic mass is 10.1. The molecule has 13 N–H and O–H groups in total. The van der Waals surface area contributed by atoms with E-state index in [9.17, 15) is 29.1 Å². The van der Waals surface area contributed by atoms with Crippen LogP contribution in [0.25, 0.3) is 0 Å². The summed E-state index contributed by atoms with van der Waals surface area (Å²) >= 11 is 4.03. The molecule has 15 nitrogen and oxygen atoms in total. The molecule has 0 rings (SSSR count). The maximum absolute atomic E-state index is 12.7. The number of thiol groups is 1. The second kappa shape index (κ2) is 15.7. The molecule has 0 aromatic carbocycles. The first-order valence-electron chi connectivity index (χ1n) is 10.3. The molecule has 0 saturated heterocycles. The molecule has 194 valence electrons. The summed E-state index contributed by atoms with van der Waals surface area (Å²) in [5, 5.41) is 25.5. The number of nitrogens with one attached hydrogen (secondary N) is 3. The zero-order valence-corrected chi connectivity index (χ0v) is 19.7. The quantitative estimate of drug-likeness (QED) is 0.0414. The molecule has 34 heavy (non-hydrogen) atoms. The minimum Gasteiger partial charge on any atom is -0.480 e. The number of carbonyl (C=O) groups is 5. The average Bonchev–Trinajstić information content (AvgIpc) is 2.74. The predicted molar refractivity (Wildman–Crippen MR) is 125 cm³/mol. The van der Waals surface area contributed by atoms with Crippen LogP contribution in [-0.2, 0) is 24.0 Å². The van der Waals surface area contributed by atoms with E-state index in [-0.39, 0.29) is 37.5 Å². The van der Waals surface area contributed by atoms with Gasteiger partial charge in [0.15, 0.2) is 12.0 Å². The molecule has 0 aliphatic carbocycles. The van der Waals surface area contributed by atoms with E-state index in [0.29, 0.717) is 6.42 Å². The first kappa shape index (κ1) is 30.9. The molecule has 0 radical (unpaired) electrons. The topological polar surface area (TPSA) is 278 Å². The van der Waals surface area contributed by atoms with Crippen molar-refractivity contribution in [2.45, 2.75) is 62.9 Å². The van der Waals surface area contributed by atoms with Gasteiger partial charge in [-0.1, -0.05) is 0 Å². The molecule has 0 bridgehead atoms. The Labute approximate surface area is 201 Å². The number of primary amides is 1. The number of carboxylic acid groups (broad SMARTS) is 1. The van der Waals surface area contributed by atoms with Gasteiger partial charge in [-0.25, -0.2) is 4.79 Å². The van der Waals surface area contributed by atoms with E-state index in [1.807, 2.05) is 0 Å². The van der Waals surface area contributed by atoms with Gasteiger partial charge in [0.25, 0.3) is 0 Å². The van der Waals surface area contributed by atoms with E-state index in [1.54, 1.807) is 0 Å². The fourth-order valence-electron chi connectivity index (χ4n) is 2.59. The summed E-state index contributed by atoms with van der Waals surface area (Å²) in [7, 11) is 0. The number of aliphatic hydroxyl groups is 1. The monoisotopic (exact) mass is 506 g/mol. The first-order chi connectivity index (χ1) is 15.8. The van der Waals surface area contributed by atoms with Gasteiger partial charge < -0.3 is 49.1 Å². The number of hydrogen-bond donors (Lipinski definition) is 10. The van der Waals surface area contributed by atoms with Crippen molar-refractivity contribution in [1.82, 2.24) is 16.0 Å². The Kier molecular flexibility index (Phi) is 14.2. The van der Waals surface area contributed by atoms with Gasteiger partial charge in [0, 0.05) is 18.7 Å². The maximum atomic E-state index is 12.7. The third-order valence-corrected chi connectivity index (χ3v) is 4.84. The van der Waals surface area contributed by atoms with Gasteiger partial charge in [0.2, 0.25) is 23.6 Å². The van der Waals surface area contributed by atoms with Crippen molar-refractivity contribution in [2.75, 3.05) is 12.3 Å². The number of nitrogens with two attached hydrogens (primary N) is 4. The number of aliphatic hydroxyl groups excluding tert-OH is 1. The zero-order chi connectivity index (χ0) is 26.4. The van der Waals surface area contributed by atoms with E-state index >= 15 is 0 Å². The van der Waals surface area contributed by atoms with Gasteiger partial charge in [-0.3, -0.25) is 24.2 Å². The molecule has 0 aromatic rings. The number of aliphatic imine (C=N–C) groups is 1. The normalized spacial score (nSPS) is 15.1. The van der Waals surface area contributed by atoms with Crippen molar-refractivity contribution in [2.24, 2.45) is 27.9 Å². The minimum absolute atomic E-state index is 0.0946. The van der Waals surface area contributed by atoms with E-state index in [1.165, 1.54) is 0 Å². The summed E-state index contributed by atoms with van der Waals surface area (Å²) in [5.41, 5.74) is 21.3. The second-order valence-electron chi connectivity index (χ2n) is 7.43. The first-order valence-corrected chi connectivity index (χ1v) is 11.0. The highest BCUT2D eigenvalue weighted by Crippen LogP contribution is 2.03. The van der Waals surface area contributed by atoms with E-state index in [0.717, 1.165) is 6.92 Å². The number of guanidine groups is 1. The summed E-state index contributed by atoms with van der Waals surface area (Å²) in [6.07, 6.45) is -1.36. The summed E-state index contributed by atoms with van der Waals surface area (Å²) in [6.45, 7) is 1.42. The lowest BCUT2D eigenvalue weighted by Crippen LogP contribution is -2.58. The van der Waals surface area contributed by atoms with Crippen LogP contribution in [0.15, 0.2) is 4.99 Å². The van der Waals surface area contributed by atoms with Gasteiger partial charge in [-0.15, -0.1) is 0 Å². The zero-order valence-electron chi connectivity index (χ0n) is 18.8. The van der Waals surface area contributed by atoms with Crippen molar-refractivity contribution in [3.05, 3.63) is 0 Å².